The highest BCUT2D eigenvalue weighted by Gasteiger charge is 2.18. The maximum atomic E-state index is 14.5. The van der Waals surface area contributed by atoms with Gasteiger partial charge < -0.3 is 20.1 Å². The lowest BCUT2D eigenvalue weighted by Crippen LogP contribution is -2.26. The highest BCUT2D eigenvalue weighted by Crippen LogP contribution is 2.30. The molecule has 1 aliphatic heterocycles. The van der Waals surface area contributed by atoms with Crippen molar-refractivity contribution in [3.8, 4) is 11.5 Å². The Hall–Kier alpha value is -2.91. The number of nitrogens with one attached hydrogen (secondary N) is 2. The number of ether oxygens (including phenoxy) is 2. The first-order chi connectivity index (χ1) is 13.0. The minimum absolute atomic E-state index is 0. The van der Waals surface area contributed by atoms with E-state index in [2.05, 4.69) is 10.6 Å². The van der Waals surface area contributed by atoms with Crippen LogP contribution in [0.3, 0.4) is 0 Å². The van der Waals surface area contributed by atoms with Crippen LogP contribution in [0.5, 0.6) is 11.5 Å². The minimum atomic E-state index is -0.580. The number of nitrogens with zero attached hydrogens (tertiary/aromatic N) is 1. The third kappa shape index (κ3) is 4.68. The zero-order valence-electron chi connectivity index (χ0n) is 15.0. The lowest BCUT2D eigenvalue weighted by atomic mass is 9.99. The lowest BCUT2D eigenvalue weighted by Gasteiger charge is -2.19. The molecular weight excluding hydrogens is 393 g/mol. The number of nitro groups is 1. The quantitative estimate of drug-likeness (QED) is 0.559. The van der Waals surface area contributed by atoms with Gasteiger partial charge in [0.15, 0.2) is 6.61 Å². The van der Waals surface area contributed by atoms with Crippen molar-refractivity contribution >= 4 is 29.7 Å². The monoisotopic (exact) mass is 411 g/mol. The van der Waals surface area contributed by atoms with Crippen LogP contribution in [0, 0.1) is 15.9 Å². The van der Waals surface area contributed by atoms with Gasteiger partial charge in [0.25, 0.3) is 5.91 Å². The van der Waals surface area contributed by atoms with Gasteiger partial charge in [-0.3, -0.25) is 14.9 Å². The Balaban J connectivity index is 0.00000280. The van der Waals surface area contributed by atoms with E-state index in [1.54, 1.807) is 6.07 Å². The zero-order valence-corrected chi connectivity index (χ0v) is 15.8. The third-order valence-corrected chi connectivity index (χ3v) is 4.20. The summed E-state index contributed by atoms with van der Waals surface area (Å²) >= 11 is 0. The van der Waals surface area contributed by atoms with E-state index in [9.17, 15) is 19.3 Å². The summed E-state index contributed by atoms with van der Waals surface area (Å²) in [5, 5.41) is 16.5. The van der Waals surface area contributed by atoms with Crippen LogP contribution >= 0.6 is 12.4 Å². The standard InChI is InChI=1S/C18H18FN3O5.ClH/c1-26-16-8-12(3-5-15(16)22(24)25)27-10-17(23)21-14-4-2-11-9-20-7-6-13(11)18(14)19;/h2-5,8,20H,6-7,9-10H2,1H3,(H,21,23);1H. The number of nitro benzene ring substituents is 1. The second kappa shape index (κ2) is 9.34. The van der Waals surface area contributed by atoms with Crippen LogP contribution in [0.2, 0.25) is 0 Å². The zero-order chi connectivity index (χ0) is 19.4. The molecule has 0 atom stereocenters. The van der Waals surface area contributed by atoms with E-state index in [-0.39, 0.29) is 41.9 Å². The van der Waals surface area contributed by atoms with Gasteiger partial charge in [0.1, 0.15) is 11.6 Å². The molecule has 3 rings (SSSR count). The first-order valence-electron chi connectivity index (χ1n) is 8.25. The number of hydrogen-bond acceptors (Lipinski definition) is 6. The molecule has 1 heterocycles. The van der Waals surface area contributed by atoms with Crippen molar-refractivity contribution in [3.05, 3.63) is 57.4 Å². The van der Waals surface area contributed by atoms with Gasteiger partial charge >= 0.3 is 5.69 Å². The van der Waals surface area contributed by atoms with Gasteiger partial charge in [0, 0.05) is 18.7 Å². The van der Waals surface area contributed by atoms with E-state index in [1.165, 1.54) is 31.4 Å². The molecule has 2 aromatic carbocycles. The van der Waals surface area contributed by atoms with E-state index in [1.807, 2.05) is 0 Å². The van der Waals surface area contributed by atoms with E-state index in [4.69, 9.17) is 9.47 Å². The summed E-state index contributed by atoms with van der Waals surface area (Å²) in [6.07, 6.45) is 0.559. The molecule has 1 aliphatic rings. The topological polar surface area (TPSA) is 103 Å². The maximum Gasteiger partial charge on any atom is 0.311 e. The average molecular weight is 412 g/mol. The Morgan fingerprint density at radius 2 is 2.14 bits per heavy atom. The number of anilines is 1. The van der Waals surface area contributed by atoms with Gasteiger partial charge in [-0.15, -0.1) is 12.4 Å². The maximum absolute atomic E-state index is 14.5. The highest BCUT2D eigenvalue weighted by molar-refractivity contribution is 5.92. The molecule has 0 saturated carbocycles. The fourth-order valence-corrected chi connectivity index (χ4v) is 2.86. The smallest absolute Gasteiger partial charge is 0.311 e. The molecule has 28 heavy (non-hydrogen) atoms. The molecular formula is C18H19ClFN3O5. The molecule has 150 valence electrons. The number of amides is 1. The molecule has 2 aromatic rings. The first kappa shape index (κ1) is 21.4. The van der Waals surface area contributed by atoms with Gasteiger partial charge in [-0.2, -0.15) is 0 Å². The molecule has 0 fully saturated rings. The Bertz CT molecular complexity index is 894. The van der Waals surface area contributed by atoms with Gasteiger partial charge in [-0.25, -0.2) is 4.39 Å². The minimum Gasteiger partial charge on any atom is -0.490 e. The predicted octanol–water partition coefficient (Wildman–Crippen LogP) is 2.83. The van der Waals surface area contributed by atoms with Gasteiger partial charge in [0.2, 0.25) is 5.75 Å². The molecule has 0 saturated heterocycles. The molecule has 0 unspecified atom stereocenters. The summed E-state index contributed by atoms with van der Waals surface area (Å²) in [6.45, 7) is 0.914. The van der Waals surface area contributed by atoms with E-state index >= 15 is 0 Å². The summed E-state index contributed by atoms with van der Waals surface area (Å²) in [6, 6.07) is 7.21. The molecule has 0 aliphatic carbocycles. The molecule has 2 N–H and O–H groups in total. The highest BCUT2D eigenvalue weighted by atomic mass is 35.5. The Morgan fingerprint density at radius 1 is 1.36 bits per heavy atom. The number of carbonyl (C=O) groups is 1. The fraction of sp³-hybridized carbons (Fsp3) is 0.278. The van der Waals surface area contributed by atoms with Crippen LogP contribution in [-0.4, -0.2) is 31.1 Å². The largest absolute Gasteiger partial charge is 0.490 e. The van der Waals surface area contributed by atoms with Gasteiger partial charge in [-0.05, 0) is 36.2 Å². The normalized spacial score (nSPS) is 12.4. The summed E-state index contributed by atoms with van der Waals surface area (Å²) in [5.41, 5.74) is 1.38. The van der Waals surface area contributed by atoms with Crippen LogP contribution in [0.1, 0.15) is 11.1 Å². The number of fused-ring (bicyclic) bond motifs is 1. The molecule has 0 radical (unpaired) electrons. The summed E-state index contributed by atoms with van der Waals surface area (Å²) in [7, 11) is 1.30. The second-order valence-electron chi connectivity index (χ2n) is 5.92. The molecule has 1 amide bonds. The average Bonchev–Trinajstić information content (AvgIpc) is 2.68. The van der Waals surface area contributed by atoms with Crippen LogP contribution < -0.4 is 20.1 Å². The molecule has 0 aromatic heterocycles. The third-order valence-electron chi connectivity index (χ3n) is 4.20. The Morgan fingerprint density at radius 3 is 2.86 bits per heavy atom. The molecule has 0 spiro atoms. The van der Waals surface area contributed by atoms with Crippen molar-refractivity contribution < 1.29 is 23.6 Å². The summed E-state index contributed by atoms with van der Waals surface area (Å²) in [5.74, 6) is -0.726. The van der Waals surface area contributed by atoms with E-state index < -0.39 is 16.6 Å². The van der Waals surface area contributed by atoms with Crippen LogP contribution in [0.15, 0.2) is 30.3 Å². The molecule has 10 heteroatoms. The van der Waals surface area contributed by atoms with Crippen molar-refractivity contribution in [1.29, 1.82) is 0 Å². The number of halogens is 2. The first-order valence-corrected chi connectivity index (χ1v) is 8.25. The van der Waals surface area contributed by atoms with Crippen molar-refractivity contribution in [2.24, 2.45) is 0 Å². The lowest BCUT2D eigenvalue weighted by molar-refractivity contribution is -0.385. The number of benzene rings is 2. The van der Waals surface area contributed by atoms with Crippen LogP contribution in [-0.2, 0) is 17.8 Å². The number of carbonyl (C=O) groups excluding carboxylic acids is 1. The van der Waals surface area contributed by atoms with Crippen molar-refractivity contribution in [2.45, 2.75) is 13.0 Å². The summed E-state index contributed by atoms with van der Waals surface area (Å²) in [4.78, 5) is 22.4. The fourth-order valence-electron chi connectivity index (χ4n) is 2.86. The molecule has 8 nitrogen and oxygen atoms in total. The number of methoxy groups -OCH3 is 1. The van der Waals surface area contributed by atoms with Crippen LogP contribution in [0.4, 0.5) is 15.8 Å². The summed E-state index contributed by atoms with van der Waals surface area (Å²) < 4.78 is 24.8. The van der Waals surface area contributed by atoms with Crippen molar-refractivity contribution in [2.75, 3.05) is 25.6 Å². The Labute approximate surface area is 166 Å². The van der Waals surface area contributed by atoms with E-state index in [0.29, 0.717) is 25.1 Å². The Kier molecular flexibility index (Phi) is 7.13. The van der Waals surface area contributed by atoms with Gasteiger partial charge in [-0.1, -0.05) is 6.07 Å². The molecule has 0 bridgehead atoms. The SMILES string of the molecule is COc1cc(OCC(=O)Nc2ccc3c(c2F)CCNC3)ccc1[N+](=O)[O-].Cl. The number of hydrogen-bond donors (Lipinski definition) is 2. The van der Waals surface area contributed by atoms with Gasteiger partial charge in [0.05, 0.1) is 17.7 Å². The van der Waals surface area contributed by atoms with E-state index in [0.717, 1.165) is 5.56 Å². The predicted molar refractivity (Wildman–Crippen MR) is 103 cm³/mol. The second-order valence-corrected chi connectivity index (χ2v) is 5.92. The van der Waals surface area contributed by atoms with Crippen molar-refractivity contribution in [1.82, 2.24) is 5.32 Å². The number of rotatable bonds is 6. The van der Waals surface area contributed by atoms with Crippen molar-refractivity contribution in [3.63, 3.8) is 0 Å². The van der Waals surface area contributed by atoms with Crippen LogP contribution in [0.25, 0.3) is 0 Å².